The lowest BCUT2D eigenvalue weighted by Crippen LogP contribution is -2.73. The van der Waals surface area contributed by atoms with Crippen LogP contribution in [0, 0.1) is 24.7 Å². The van der Waals surface area contributed by atoms with E-state index in [9.17, 15) is 34.8 Å². The molecule has 9 heteroatoms. The van der Waals surface area contributed by atoms with Crippen LogP contribution >= 0.6 is 0 Å². The third-order valence-corrected chi connectivity index (χ3v) is 7.91. The maximum atomic E-state index is 13.8. The minimum Gasteiger partial charge on any atom is -0.507 e. The van der Waals surface area contributed by atoms with Crippen LogP contribution < -0.4 is 5.73 Å². The van der Waals surface area contributed by atoms with Gasteiger partial charge in [-0.3, -0.25) is 14.4 Å². The molecule has 0 heterocycles. The molecule has 0 aliphatic heterocycles. The van der Waals surface area contributed by atoms with Gasteiger partial charge in [-0.1, -0.05) is 19.4 Å². The molecule has 9 nitrogen and oxygen atoms in total. The van der Waals surface area contributed by atoms with E-state index >= 15 is 0 Å². The molecule has 3 aliphatic carbocycles. The zero-order valence-electron chi connectivity index (χ0n) is 19.8. The van der Waals surface area contributed by atoms with E-state index in [0.29, 0.717) is 24.0 Å². The number of nitrogens with zero attached hydrogens (tertiary/aromatic N) is 1. The van der Waals surface area contributed by atoms with Gasteiger partial charge in [0.1, 0.15) is 17.4 Å². The molecule has 0 spiro atoms. The number of rotatable bonds is 4. The number of primary amides is 1. The van der Waals surface area contributed by atoms with E-state index in [2.05, 4.69) is 0 Å². The summed E-state index contributed by atoms with van der Waals surface area (Å²) in [5.74, 6) is -7.14. The number of aryl methyl sites for hydroxylation is 2. The Kier molecular flexibility index (Phi) is 5.86. The van der Waals surface area contributed by atoms with E-state index in [4.69, 9.17) is 5.73 Å². The number of benzene rings is 1. The van der Waals surface area contributed by atoms with Crippen molar-refractivity contribution in [3.63, 3.8) is 0 Å². The molecule has 34 heavy (non-hydrogen) atoms. The Balaban J connectivity index is 1.93. The first kappa shape index (κ1) is 24.4. The lowest BCUT2D eigenvalue weighted by molar-refractivity contribution is -0.184. The van der Waals surface area contributed by atoms with Crippen LogP contribution in [0.25, 0.3) is 5.76 Å². The third-order valence-electron chi connectivity index (χ3n) is 7.91. The normalized spacial score (nSPS) is 33.0. The van der Waals surface area contributed by atoms with E-state index in [1.807, 2.05) is 19.9 Å². The minimum atomic E-state index is -2.63. The van der Waals surface area contributed by atoms with Gasteiger partial charge in [0.25, 0.3) is 0 Å². The predicted octanol–water partition coefficient (Wildman–Crippen LogP) is 0.390. The highest BCUT2D eigenvalue weighted by Gasteiger charge is 2.67. The summed E-state index contributed by atoms with van der Waals surface area (Å²) in [6, 6.07) is 0.987. The fourth-order valence-corrected chi connectivity index (χ4v) is 6.39. The maximum Gasteiger partial charge on any atom is 0.230 e. The van der Waals surface area contributed by atoms with Gasteiger partial charge in [0.2, 0.25) is 11.7 Å². The van der Waals surface area contributed by atoms with Crippen LogP contribution in [0.5, 0.6) is 5.75 Å². The van der Waals surface area contributed by atoms with Gasteiger partial charge in [0, 0.05) is 17.5 Å². The summed E-state index contributed by atoms with van der Waals surface area (Å²) in [6.07, 6.45) is 0.296. The molecule has 6 unspecified atom stereocenters. The zero-order chi connectivity index (χ0) is 25.3. The predicted molar refractivity (Wildman–Crippen MR) is 123 cm³/mol. The number of phenols is 1. The largest absolute Gasteiger partial charge is 0.507 e. The second-order valence-corrected chi connectivity index (χ2v) is 10.1. The Morgan fingerprint density at radius 3 is 2.47 bits per heavy atom. The van der Waals surface area contributed by atoms with E-state index in [1.165, 1.54) is 0 Å². The van der Waals surface area contributed by atoms with Crippen molar-refractivity contribution in [1.82, 2.24) is 4.90 Å². The summed E-state index contributed by atoms with van der Waals surface area (Å²) in [7, 11) is 3.26. The van der Waals surface area contributed by atoms with E-state index in [1.54, 1.807) is 19.0 Å². The Morgan fingerprint density at radius 2 is 1.91 bits per heavy atom. The summed E-state index contributed by atoms with van der Waals surface area (Å²) in [4.78, 5) is 40.7. The number of likely N-dealkylation sites (N-methyl/N-ethyl adjacent to an activating group) is 1. The monoisotopic (exact) mass is 472 g/mol. The number of hydrogen-bond acceptors (Lipinski definition) is 8. The first-order valence-corrected chi connectivity index (χ1v) is 11.6. The van der Waals surface area contributed by atoms with Crippen molar-refractivity contribution in [3.05, 3.63) is 33.9 Å². The van der Waals surface area contributed by atoms with Gasteiger partial charge in [-0.2, -0.15) is 0 Å². The van der Waals surface area contributed by atoms with Gasteiger partial charge < -0.3 is 31.1 Å². The number of fused-ring (bicyclic) bond motifs is 3. The van der Waals surface area contributed by atoms with Crippen molar-refractivity contribution in [1.29, 1.82) is 0 Å². The molecule has 184 valence electrons. The number of carbonyl (C=O) groups is 3. The first-order chi connectivity index (χ1) is 15.9. The molecule has 4 rings (SSSR count). The van der Waals surface area contributed by atoms with E-state index in [0.717, 1.165) is 12.0 Å². The fraction of sp³-hybridized carbons (Fsp3) is 0.560. The molecule has 3 aliphatic rings. The van der Waals surface area contributed by atoms with Gasteiger partial charge in [0.05, 0.1) is 11.7 Å². The summed E-state index contributed by atoms with van der Waals surface area (Å²) < 4.78 is 0. The summed E-state index contributed by atoms with van der Waals surface area (Å²) in [5, 5.41) is 44.6. The van der Waals surface area contributed by atoms with Crippen LogP contribution in [0.3, 0.4) is 0 Å². The number of hydrogen-bond donors (Lipinski definition) is 5. The molecule has 0 radical (unpaired) electrons. The molecule has 2 saturated carbocycles. The molecule has 0 aromatic heterocycles. The van der Waals surface area contributed by atoms with Gasteiger partial charge >= 0.3 is 0 Å². The summed E-state index contributed by atoms with van der Waals surface area (Å²) in [6.45, 7) is 3.84. The number of nitrogens with two attached hydrogens (primary N) is 1. The molecular formula is C25H32N2O7. The number of Topliss-reactive ketones (excluding diaryl/α,β-unsaturated/α-hetero) is 2. The standard InChI is InChI=1S/C25H32N2O7/c1-5-6-11-7-10(2)13-8-12-9-14-18(27(3)4)21(30)17(24(26)33)23(32)25(14,34)22(31)15(12)20(29)16(13)19(11)28/h7,12,14,17-18,21,28-30,34H,5-6,8-9H2,1-4H3,(H2,26,33). The topological polar surface area (TPSA) is 161 Å². The Morgan fingerprint density at radius 1 is 1.26 bits per heavy atom. The second-order valence-electron chi connectivity index (χ2n) is 10.1. The van der Waals surface area contributed by atoms with Crippen LogP contribution in [0.1, 0.15) is 42.0 Å². The lowest BCUT2D eigenvalue weighted by atomic mass is 9.54. The molecule has 0 bridgehead atoms. The molecule has 1 amide bonds. The highest BCUT2D eigenvalue weighted by atomic mass is 16.3. The molecular weight excluding hydrogens is 440 g/mol. The highest BCUT2D eigenvalue weighted by Crippen LogP contribution is 2.52. The Bertz CT molecular complexity index is 1120. The van der Waals surface area contributed by atoms with Gasteiger partial charge in [0.15, 0.2) is 11.4 Å². The molecule has 0 saturated heterocycles. The summed E-state index contributed by atoms with van der Waals surface area (Å²) in [5.41, 5.74) is 5.01. The third kappa shape index (κ3) is 3.14. The zero-order valence-corrected chi connectivity index (χ0v) is 19.8. The van der Waals surface area contributed by atoms with Gasteiger partial charge in [-0.25, -0.2) is 0 Å². The van der Waals surface area contributed by atoms with E-state index < -0.39 is 58.7 Å². The fourth-order valence-electron chi connectivity index (χ4n) is 6.39. The number of aliphatic hydroxyl groups is 3. The van der Waals surface area contributed by atoms with Gasteiger partial charge in [-0.15, -0.1) is 0 Å². The van der Waals surface area contributed by atoms with Crippen LogP contribution in [0.15, 0.2) is 11.6 Å². The van der Waals surface area contributed by atoms with Crippen LogP contribution in [-0.2, 0) is 27.2 Å². The Labute approximate surface area is 197 Å². The number of amides is 1. The van der Waals surface area contributed by atoms with Crippen LogP contribution in [0.4, 0.5) is 0 Å². The van der Waals surface area contributed by atoms with Crippen LogP contribution in [0.2, 0.25) is 0 Å². The van der Waals surface area contributed by atoms with Crippen molar-refractivity contribution in [3.8, 4) is 5.75 Å². The maximum absolute atomic E-state index is 13.8. The number of ketones is 2. The minimum absolute atomic E-state index is 0.112. The molecule has 6 N–H and O–H groups in total. The van der Waals surface area contributed by atoms with Gasteiger partial charge in [-0.05, 0) is 62.9 Å². The lowest BCUT2D eigenvalue weighted by Gasteiger charge is -2.53. The van der Waals surface area contributed by atoms with Crippen molar-refractivity contribution in [2.45, 2.75) is 57.3 Å². The summed E-state index contributed by atoms with van der Waals surface area (Å²) >= 11 is 0. The number of aliphatic hydroxyl groups excluding tert-OH is 2. The molecule has 1 aromatic carbocycles. The van der Waals surface area contributed by atoms with Crippen molar-refractivity contribution < 1.29 is 34.8 Å². The number of carbonyl (C=O) groups excluding carboxylic acids is 3. The first-order valence-electron chi connectivity index (χ1n) is 11.6. The Hall–Kier alpha value is -2.75. The SMILES string of the molecule is CCCc1cc(C)c2c(c1O)C(O)=C1C(=O)C3(O)C(=O)C(C(N)=O)C(O)C(N(C)C)C3CC1C2. The molecule has 2 fully saturated rings. The van der Waals surface area contributed by atoms with Crippen molar-refractivity contribution >= 4 is 23.2 Å². The quantitative estimate of drug-likeness (QED) is 0.393. The van der Waals surface area contributed by atoms with E-state index in [-0.39, 0.29) is 23.3 Å². The molecule has 1 aromatic rings. The van der Waals surface area contributed by atoms with Crippen LogP contribution in [-0.4, -0.2) is 74.6 Å². The smallest absolute Gasteiger partial charge is 0.230 e. The van der Waals surface area contributed by atoms with Crippen molar-refractivity contribution in [2.75, 3.05) is 14.1 Å². The number of aromatic hydroxyl groups is 1. The van der Waals surface area contributed by atoms with Crippen molar-refractivity contribution in [2.24, 2.45) is 23.5 Å². The average Bonchev–Trinajstić information content (AvgIpc) is 2.74. The highest BCUT2D eigenvalue weighted by molar-refractivity contribution is 6.25. The second kappa shape index (κ2) is 8.18. The average molecular weight is 473 g/mol. The molecule has 6 atom stereocenters. The number of phenolic OH excluding ortho intramolecular Hbond substituents is 1.